The topological polar surface area (TPSA) is 30.5 Å². The van der Waals surface area contributed by atoms with E-state index in [4.69, 9.17) is 9.47 Å². The SMILES string of the molecule is COc1ccc(OC)c(C2CCCNC2)c1C. The Hall–Kier alpha value is -1.22. The minimum Gasteiger partial charge on any atom is -0.496 e. The Morgan fingerprint density at radius 1 is 1.18 bits per heavy atom. The number of rotatable bonds is 3. The number of piperidine rings is 1. The highest BCUT2D eigenvalue weighted by Crippen LogP contribution is 2.37. The second-order valence-corrected chi connectivity index (χ2v) is 4.55. The fourth-order valence-electron chi connectivity index (χ4n) is 2.69. The van der Waals surface area contributed by atoms with Gasteiger partial charge in [0.2, 0.25) is 0 Å². The maximum absolute atomic E-state index is 5.50. The number of benzene rings is 1. The summed E-state index contributed by atoms with van der Waals surface area (Å²) in [5.41, 5.74) is 2.51. The fraction of sp³-hybridized carbons (Fsp3) is 0.571. The molecule has 3 nitrogen and oxygen atoms in total. The summed E-state index contributed by atoms with van der Waals surface area (Å²) in [5, 5.41) is 3.45. The minimum atomic E-state index is 0.536. The molecule has 0 bridgehead atoms. The Bertz CT molecular complexity index is 384. The van der Waals surface area contributed by atoms with E-state index < -0.39 is 0 Å². The predicted molar refractivity (Wildman–Crippen MR) is 69.1 cm³/mol. The fourth-order valence-corrected chi connectivity index (χ4v) is 2.69. The lowest BCUT2D eigenvalue weighted by atomic mass is 9.87. The van der Waals surface area contributed by atoms with Gasteiger partial charge >= 0.3 is 0 Å². The Morgan fingerprint density at radius 2 is 1.88 bits per heavy atom. The average Bonchev–Trinajstić information content (AvgIpc) is 2.39. The van der Waals surface area contributed by atoms with E-state index in [1.807, 2.05) is 12.1 Å². The van der Waals surface area contributed by atoms with Gasteiger partial charge in [-0.3, -0.25) is 0 Å². The van der Waals surface area contributed by atoms with Crippen LogP contribution < -0.4 is 14.8 Å². The monoisotopic (exact) mass is 235 g/mol. The molecule has 1 heterocycles. The molecule has 0 aliphatic carbocycles. The van der Waals surface area contributed by atoms with E-state index in [1.54, 1.807) is 14.2 Å². The molecule has 1 aromatic rings. The zero-order chi connectivity index (χ0) is 12.3. The van der Waals surface area contributed by atoms with Crippen LogP contribution in [0.15, 0.2) is 12.1 Å². The van der Waals surface area contributed by atoms with Gasteiger partial charge in [0.1, 0.15) is 11.5 Å². The van der Waals surface area contributed by atoms with Crippen molar-refractivity contribution >= 4 is 0 Å². The zero-order valence-electron chi connectivity index (χ0n) is 10.9. The van der Waals surface area contributed by atoms with Crippen molar-refractivity contribution in [3.63, 3.8) is 0 Å². The van der Waals surface area contributed by atoms with Gasteiger partial charge in [0, 0.05) is 18.0 Å². The molecule has 1 atom stereocenters. The van der Waals surface area contributed by atoms with Gasteiger partial charge in [-0.1, -0.05) is 0 Å². The van der Waals surface area contributed by atoms with Crippen LogP contribution in [0.5, 0.6) is 11.5 Å². The third-order valence-corrected chi connectivity index (χ3v) is 3.57. The van der Waals surface area contributed by atoms with E-state index >= 15 is 0 Å². The van der Waals surface area contributed by atoms with Gasteiger partial charge < -0.3 is 14.8 Å². The van der Waals surface area contributed by atoms with Crippen molar-refractivity contribution < 1.29 is 9.47 Å². The first-order chi connectivity index (χ1) is 8.27. The molecule has 1 fully saturated rings. The van der Waals surface area contributed by atoms with E-state index in [0.29, 0.717) is 5.92 Å². The molecule has 2 rings (SSSR count). The molecule has 0 saturated carbocycles. The van der Waals surface area contributed by atoms with Crippen LogP contribution in [-0.4, -0.2) is 27.3 Å². The first-order valence-electron chi connectivity index (χ1n) is 6.20. The number of hydrogen-bond acceptors (Lipinski definition) is 3. The summed E-state index contributed by atoms with van der Waals surface area (Å²) in [6.07, 6.45) is 2.45. The summed E-state index contributed by atoms with van der Waals surface area (Å²) >= 11 is 0. The van der Waals surface area contributed by atoms with E-state index in [1.165, 1.54) is 24.0 Å². The zero-order valence-corrected chi connectivity index (χ0v) is 10.9. The molecule has 0 radical (unpaired) electrons. The van der Waals surface area contributed by atoms with Crippen LogP contribution >= 0.6 is 0 Å². The van der Waals surface area contributed by atoms with Gasteiger partial charge in [-0.25, -0.2) is 0 Å². The second kappa shape index (κ2) is 5.41. The largest absolute Gasteiger partial charge is 0.496 e. The third kappa shape index (κ3) is 2.39. The Morgan fingerprint density at radius 3 is 2.47 bits per heavy atom. The van der Waals surface area contributed by atoms with Gasteiger partial charge in [-0.05, 0) is 44.0 Å². The van der Waals surface area contributed by atoms with Gasteiger partial charge in [0.15, 0.2) is 0 Å². The molecule has 1 aromatic carbocycles. The first kappa shape index (κ1) is 12.2. The lowest BCUT2D eigenvalue weighted by Gasteiger charge is -2.27. The van der Waals surface area contributed by atoms with E-state index in [0.717, 1.165) is 24.6 Å². The van der Waals surface area contributed by atoms with Crippen molar-refractivity contribution in [2.75, 3.05) is 27.3 Å². The van der Waals surface area contributed by atoms with Gasteiger partial charge in [-0.2, -0.15) is 0 Å². The molecule has 1 unspecified atom stereocenters. The summed E-state index contributed by atoms with van der Waals surface area (Å²) < 4.78 is 10.9. The highest BCUT2D eigenvalue weighted by Gasteiger charge is 2.22. The number of hydrogen-bond donors (Lipinski definition) is 1. The van der Waals surface area contributed by atoms with Crippen molar-refractivity contribution in [2.24, 2.45) is 0 Å². The van der Waals surface area contributed by atoms with Crippen LogP contribution in [-0.2, 0) is 0 Å². The smallest absolute Gasteiger partial charge is 0.122 e. The van der Waals surface area contributed by atoms with Crippen LogP contribution in [0.1, 0.15) is 29.9 Å². The Labute approximate surface area is 103 Å². The van der Waals surface area contributed by atoms with Crippen molar-refractivity contribution in [1.29, 1.82) is 0 Å². The molecule has 0 spiro atoms. The molecule has 1 aliphatic heterocycles. The molecule has 1 N–H and O–H groups in total. The molecule has 1 aliphatic rings. The molecule has 0 amide bonds. The lowest BCUT2D eigenvalue weighted by molar-refractivity contribution is 0.381. The average molecular weight is 235 g/mol. The first-order valence-corrected chi connectivity index (χ1v) is 6.20. The van der Waals surface area contributed by atoms with Crippen LogP contribution in [0.2, 0.25) is 0 Å². The van der Waals surface area contributed by atoms with Crippen LogP contribution in [0.4, 0.5) is 0 Å². The van der Waals surface area contributed by atoms with E-state index in [9.17, 15) is 0 Å². The van der Waals surface area contributed by atoms with Crippen LogP contribution in [0, 0.1) is 6.92 Å². The Balaban J connectivity index is 2.40. The van der Waals surface area contributed by atoms with Crippen molar-refractivity contribution in [3.05, 3.63) is 23.3 Å². The van der Waals surface area contributed by atoms with Gasteiger partial charge in [0.05, 0.1) is 14.2 Å². The number of methoxy groups -OCH3 is 2. The van der Waals surface area contributed by atoms with Crippen molar-refractivity contribution in [1.82, 2.24) is 5.32 Å². The highest BCUT2D eigenvalue weighted by molar-refractivity contribution is 5.50. The summed E-state index contributed by atoms with van der Waals surface area (Å²) in [6, 6.07) is 3.99. The maximum Gasteiger partial charge on any atom is 0.122 e. The number of nitrogens with one attached hydrogen (secondary N) is 1. The van der Waals surface area contributed by atoms with E-state index in [2.05, 4.69) is 12.2 Å². The quantitative estimate of drug-likeness (QED) is 0.873. The second-order valence-electron chi connectivity index (χ2n) is 4.55. The third-order valence-electron chi connectivity index (χ3n) is 3.57. The molecule has 3 heteroatoms. The lowest BCUT2D eigenvalue weighted by Crippen LogP contribution is -2.29. The van der Waals surface area contributed by atoms with Gasteiger partial charge in [-0.15, -0.1) is 0 Å². The van der Waals surface area contributed by atoms with Crippen molar-refractivity contribution in [2.45, 2.75) is 25.7 Å². The summed E-state index contributed by atoms with van der Waals surface area (Å²) in [5.74, 6) is 2.47. The molecule has 94 valence electrons. The molecular weight excluding hydrogens is 214 g/mol. The molecule has 17 heavy (non-hydrogen) atoms. The minimum absolute atomic E-state index is 0.536. The Kier molecular flexibility index (Phi) is 3.89. The molecular formula is C14H21NO2. The maximum atomic E-state index is 5.50. The summed E-state index contributed by atoms with van der Waals surface area (Å²) in [6.45, 7) is 4.28. The molecule has 0 aromatic heterocycles. The van der Waals surface area contributed by atoms with Crippen LogP contribution in [0.3, 0.4) is 0 Å². The standard InChI is InChI=1S/C14H21NO2/c1-10-12(16-2)6-7-13(17-3)14(10)11-5-4-8-15-9-11/h6-7,11,15H,4-5,8-9H2,1-3H3. The summed E-state index contributed by atoms with van der Waals surface area (Å²) in [7, 11) is 3.46. The predicted octanol–water partition coefficient (Wildman–Crippen LogP) is 2.48. The normalized spacial score (nSPS) is 20.1. The van der Waals surface area contributed by atoms with Crippen LogP contribution in [0.25, 0.3) is 0 Å². The summed E-state index contributed by atoms with van der Waals surface area (Å²) in [4.78, 5) is 0. The van der Waals surface area contributed by atoms with Crippen molar-refractivity contribution in [3.8, 4) is 11.5 Å². The van der Waals surface area contributed by atoms with Gasteiger partial charge in [0.25, 0.3) is 0 Å². The molecule has 1 saturated heterocycles. The highest BCUT2D eigenvalue weighted by atomic mass is 16.5. The van der Waals surface area contributed by atoms with E-state index in [-0.39, 0.29) is 0 Å². The number of ether oxygens (including phenoxy) is 2.